The van der Waals surface area contributed by atoms with Crippen molar-refractivity contribution in [3.8, 4) is 0 Å². The fourth-order valence-electron chi connectivity index (χ4n) is 0.773. The molecule has 0 radical (unpaired) electrons. The molecule has 0 fully saturated rings. The normalized spacial score (nSPS) is 7.89. The second kappa shape index (κ2) is 13.5. The van der Waals surface area contributed by atoms with Gasteiger partial charge in [-0.05, 0) is 17.2 Å². The second-order valence-corrected chi connectivity index (χ2v) is 2.60. The summed E-state index contributed by atoms with van der Waals surface area (Å²) in [7, 11) is 0. The predicted octanol–water partition coefficient (Wildman–Crippen LogP) is -8.61. The number of carbonyl (C=O) groups excluding carboxylic acids is 2. The van der Waals surface area contributed by atoms with Crippen LogP contribution in [0.25, 0.3) is 0 Å². The number of carboxylic acids is 2. The van der Waals surface area contributed by atoms with Gasteiger partial charge in [0.2, 0.25) is 0 Å². The van der Waals surface area contributed by atoms with Crippen molar-refractivity contribution in [3.05, 3.63) is 35.4 Å². The number of aliphatic hydroxyl groups excluding tert-OH is 2. The van der Waals surface area contributed by atoms with Crippen LogP contribution in [-0.4, -0.2) is 35.4 Å². The third-order valence-corrected chi connectivity index (χ3v) is 1.43. The number of rotatable bonds is 3. The summed E-state index contributed by atoms with van der Waals surface area (Å²) in [6.45, 7) is -0.250. The summed E-state index contributed by atoms with van der Waals surface area (Å²) < 4.78 is 0. The van der Waals surface area contributed by atoms with E-state index in [0.717, 1.165) is 6.07 Å². The van der Waals surface area contributed by atoms with Crippen LogP contribution in [0.3, 0.4) is 0 Å². The van der Waals surface area contributed by atoms with Gasteiger partial charge in [0, 0.05) is 0 Å². The van der Waals surface area contributed by atoms with Gasteiger partial charge in [0.25, 0.3) is 0 Å². The minimum Gasteiger partial charge on any atom is -0.545 e. The van der Waals surface area contributed by atoms with Crippen molar-refractivity contribution < 1.29 is 89.1 Å². The maximum Gasteiger partial charge on any atom is 1.00 e. The molecule has 1 aromatic rings. The van der Waals surface area contributed by atoms with Crippen LogP contribution in [0.15, 0.2) is 24.3 Å². The van der Waals surface area contributed by atoms with Crippen LogP contribution >= 0.6 is 0 Å². The molecule has 0 saturated heterocycles. The van der Waals surface area contributed by atoms with E-state index in [1.54, 1.807) is 0 Å². The van der Waals surface area contributed by atoms with Crippen molar-refractivity contribution in [1.82, 2.24) is 0 Å². The number of aliphatic hydroxyl groups is 2. The molecular formula is C10H10Na2O6. The first-order chi connectivity index (χ1) is 7.52. The molecule has 88 valence electrons. The van der Waals surface area contributed by atoms with Crippen LogP contribution in [-0.2, 0) is 0 Å². The Morgan fingerprint density at radius 1 is 0.944 bits per heavy atom. The summed E-state index contributed by atoms with van der Waals surface area (Å²) in [6.07, 6.45) is 0. The molecule has 0 aliphatic heterocycles. The Kier molecular flexibility index (Phi) is 17.4. The molecule has 0 spiro atoms. The predicted molar refractivity (Wildman–Crippen MR) is 49.3 cm³/mol. The van der Waals surface area contributed by atoms with E-state index in [4.69, 9.17) is 10.2 Å². The summed E-state index contributed by atoms with van der Waals surface area (Å²) in [5.41, 5.74) is -0.339. The number of carbonyl (C=O) groups is 2. The number of hydrogen-bond acceptors (Lipinski definition) is 6. The molecule has 0 saturated carbocycles. The van der Waals surface area contributed by atoms with Crippen molar-refractivity contribution in [2.75, 3.05) is 13.2 Å². The smallest absolute Gasteiger partial charge is 0.545 e. The van der Waals surface area contributed by atoms with Crippen molar-refractivity contribution in [2.45, 2.75) is 0 Å². The first-order valence-corrected chi connectivity index (χ1v) is 4.27. The van der Waals surface area contributed by atoms with E-state index in [1.807, 2.05) is 0 Å². The van der Waals surface area contributed by atoms with E-state index < -0.39 is 11.9 Å². The monoisotopic (exact) mass is 272 g/mol. The maximum absolute atomic E-state index is 10.3. The van der Waals surface area contributed by atoms with E-state index in [0.29, 0.717) is 0 Å². The van der Waals surface area contributed by atoms with E-state index in [1.165, 1.54) is 18.2 Å². The van der Waals surface area contributed by atoms with Crippen LogP contribution < -0.4 is 69.3 Å². The van der Waals surface area contributed by atoms with Gasteiger partial charge in [0.05, 0.1) is 25.2 Å². The third-order valence-electron chi connectivity index (χ3n) is 1.43. The molecule has 0 unspecified atom stereocenters. The SMILES string of the molecule is O=C([O-])c1cccc(C(=O)[O-])c1.OCCO.[Na+].[Na+]. The maximum atomic E-state index is 10.3. The molecule has 0 amide bonds. The molecule has 0 atom stereocenters. The van der Waals surface area contributed by atoms with E-state index in [9.17, 15) is 19.8 Å². The first kappa shape index (κ1) is 23.2. The van der Waals surface area contributed by atoms with Gasteiger partial charge in [-0.25, -0.2) is 0 Å². The van der Waals surface area contributed by atoms with Crippen molar-refractivity contribution in [2.24, 2.45) is 0 Å². The van der Waals surface area contributed by atoms with Gasteiger partial charge in [0.1, 0.15) is 0 Å². The average Bonchev–Trinajstić information content (AvgIpc) is 2.29. The van der Waals surface area contributed by atoms with Gasteiger partial charge in [-0.15, -0.1) is 0 Å². The molecule has 2 N–H and O–H groups in total. The number of aromatic carboxylic acids is 2. The Morgan fingerprint density at radius 2 is 1.28 bits per heavy atom. The molecule has 0 aliphatic rings. The summed E-state index contributed by atoms with van der Waals surface area (Å²) in [6, 6.07) is 4.81. The number of benzene rings is 1. The van der Waals surface area contributed by atoms with Crippen LogP contribution in [0.4, 0.5) is 0 Å². The topological polar surface area (TPSA) is 121 Å². The Morgan fingerprint density at radius 3 is 1.50 bits per heavy atom. The van der Waals surface area contributed by atoms with Crippen LogP contribution in [0.2, 0.25) is 0 Å². The zero-order chi connectivity index (χ0) is 12.6. The molecule has 0 heterocycles. The first-order valence-electron chi connectivity index (χ1n) is 4.27. The fourth-order valence-corrected chi connectivity index (χ4v) is 0.773. The molecular weight excluding hydrogens is 262 g/mol. The van der Waals surface area contributed by atoms with Gasteiger partial charge < -0.3 is 30.0 Å². The summed E-state index contributed by atoms with van der Waals surface area (Å²) in [4.78, 5) is 20.5. The quantitative estimate of drug-likeness (QED) is 0.527. The molecule has 18 heavy (non-hydrogen) atoms. The second-order valence-electron chi connectivity index (χ2n) is 2.60. The molecule has 1 rings (SSSR count). The zero-order valence-electron chi connectivity index (χ0n) is 10.3. The van der Waals surface area contributed by atoms with Crippen molar-refractivity contribution >= 4 is 11.9 Å². The zero-order valence-corrected chi connectivity index (χ0v) is 14.3. The van der Waals surface area contributed by atoms with Crippen LogP contribution in [0.5, 0.6) is 0 Å². The number of carboxylic acid groups (broad SMARTS) is 2. The van der Waals surface area contributed by atoms with Crippen LogP contribution in [0, 0.1) is 0 Å². The standard InChI is InChI=1S/C8H6O4.C2H6O2.2Na/c9-7(10)5-2-1-3-6(4-5)8(11)12;3-1-2-4;;/h1-4H,(H,9,10)(H,11,12);3-4H,1-2H2;;/q;;2*+1/p-2. The van der Waals surface area contributed by atoms with Gasteiger partial charge >= 0.3 is 59.1 Å². The minimum atomic E-state index is -1.40. The van der Waals surface area contributed by atoms with Gasteiger partial charge in [0.15, 0.2) is 0 Å². The summed E-state index contributed by atoms with van der Waals surface area (Å²) in [5.74, 6) is -2.81. The fraction of sp³-hybridized carbons (Fsp3) is 0.200. The van der Waals surface area contributed by atoms with E-state index in [2.05, 4.69) is 0 Å². The van der Waals surface area contributed by atoms with Crippen LogP contribution in [0.1, 0.15) is 20.7 Å². The Balaban J connectivity index is -0.000000332. The number of hydrogen-bond donors (Lipinski definition) is 2. The summed E-state index contributed by atoms with van der Waals surface area (Å²) >= 11 is 0. The van der Waals surface area contributed by atoms with Gasteiger partial charge in [-0.3, -0.25) is 0 Å². The molecule has 8 heteroatoms. The molecule has 1 aromatic carbocycles. The Hall–Kier alpha value is 0.0800. The van der Waals surface area contributed by atoms with E-state index >= 15 is 0 Å². The van der Waals surface area contributed by atoms with Gasteiger partial charge in [-0.1, -0.05) is 18.2 Å². The molecule has 0 aromatic heterocycles. The minimum absolute atomic E-state index is 0. The van der Waals surface area contributed by atoms with Gasteiger partial charge in [-0.2, -0.15) is 0 Å². The Labute approximate surface area is 148 Å². The molecule has 0 aliphatic carbocycles. The van der Waals surface area contributed by atoms with Crippen molar-refractivity contribution in [1.29, 1.82) is 0 Å². The largest absolute Gasteiger partial charge is 1.00 e. The average molecular weight is 272 g/mol. The Bertz CT molecular complexity index is 338. The van der Waals surface area contributed by atoms with Crippen molar-refractivity contribution in [3.63, 3.8) is 0 Å². The molecule has 6 nitrogen and oxygen atoms in total. The molecule has 0 bridgehead atoms. The third kappa shape index (κ3) is 10.0. The van der Waals surface area contributed by atoms with E-state index in [-0.39, 0.29) is 83.5 Å². The summed E-state index contributed by atoms with van der Waals surface area (Å²) in [5, 5.41) is 35.8.